The molecule has 1 aliphatic heterocycles. The number of aromatic amines is 1. The highest BCUT2D eigenvalue weighted by atomic mass is 19.4. The summed E-state index contributed by atoms with van der Waals surface area (Å²) in [5, 5.41) is 12.4. The van der Waals surface area contributed by atoms with Crippen molar-refractivity contribution in [2.45, 2.75) is 31.5 Å². The van der Waals surface area contributed by atoms with E-state index < -0.39 is 23.5 Å². The molecule has 0 radical (unpaired) electrons. The number of aliphatic hydroxyl groups is 1. The molecule has 3 aromatic heterocycles. The number of carbonyl (C=O) groups excluding carboxylic acids is 1. The van der Waals surface area contributed by atoms with Gasteiger partial charge in [-0.05, 0) is 50.1 Å². The van der Waals surface area contributed by atoms with Gasteiger partial charge in [-0.1, -0.05) is 0 Å². The van der Waals surface area contributed by atoms with E-state index in [9.17, 15) is 23.1 Å². The van der Waals surface area contributed by atoms with Crippen molar-refractivity contribution < 1.29 is 23.1 Å². The number of rotatable bonds is 4. The van der Waals surface area contributed by atoms with Gasteiger partial charge in [-0.15, -0.1) is 0 Å². The fourth-order valence-electron chi connectivity index (χ4n) is 4.90. The minimum absolute atomic E-state index is 0.0669. The van der Waals surface area contributed by atoms with Crippen LogP contribution >= 0.6 is 0 Å². The summed E-state index contributed by atoms with van der Waals surface area (Å²) >= 11 is 0. The number of benzene rings is 1. The number of pyridine rings is 2. The van der Waals surface area contributed by atoms with Gasteiger partial charge in [-0.2, -0.15) is 13.2 Å². The first-order chi connectivity index (χ1) is 17.0. The van der Waals surface area contributed by atoms with Crippen LogP contribution in [0.5, 0.6) is 0 Å². The molecule has 4 heterocycles. The lowest BCUT2D eigenvalue weighted by molar-refractivity contribution is -0.144. The van der Waals surface area contributed by atoms with Crippen LogP contribution in [-0.4, -0.2) is 68.1 Å². The Balaban J connectivity index is 1.35. The summed E-state index contributed by atoms with van der Waals surface area (Å²) in [4.78, 5) is 31.2. The molecule has 8 nitrogen and oxygen atoms in total. The Kier molecular flexibility index (Phi) is 5.82. The second-order valence-corrected chi connectivity index (χ2v) is 9.40. The lowest BCUT2D eigenvalue weighted by Gasteiger charge is -2.42. The Labute approximate surface area is 204 Å². The number of imidazole rings is 1. The monoisotopic (exact) mass is 498 g/mol. The van der Waals surface area contributed by atoms with E-state index in [0.29, 0.717) is 13.0 Å². The molecule has 0 spiro atoms. The molecule has 1 aromatic carbocycles. The number of halogens is 3. The van der Waals surface area contributed by atoms with Crippen LogP contribution < -0.4 is 4.90 Å². The maximum atomic E-state index is 13.1. The second-order valence-electron chi connectivity index (χ2n) is 9.40. The molecule has 4 aromatic rings. The van der Waals surface area contributed by atoms with Gasteiger partial charge in [0.15, 0.2) is 0 Å². The number of β-amino-alcohol motifs (C(OH)–C–C–N with tert-alkyl or cyclic N) is 1. The Hall–Kier alpha value is -3.73. The standard InChI is InChI=1S/C25H25F3N6O2/c1-15-10-21(17-12-29-8-6-18(17)30-15)34-9-3-7-24(36,14-34)13-33(2)22(35)16-4-5-19-20(11-16)32-23(31-19)25(26,27)28/h4-6,8,10-12,36H,3,7,9,13-14H2,1-2H3,(H,31,32). The van der Waals surface area contributed by atoms with Gasteiger partial charge in [0.05, 0.1) is 28.7 Å². The van der Waals surface area contributed by atoms with Crippen molar-refractivity contribution in [3.63, 3.8) is 0 Å². The molecule has 5 rings (SSSR count). The molecule has 0 aliphatic carbocycles. The molecule has 188 valence electrons. The Morgan fingerprint density at radius 3 is 2.81 bits per heavy atom. The molecular weight excluding hydrogens is 473 g/mol. The van der Waals surface area contributed by atoms with Gasteiger partial charge >= 0.3 is 6.18 Å². The van der Waals surface area contributed by atoms with Crippen LogP contribution in [0, 0.1) is 6.92 Å². The topological polar surface area (TPSA) is 98.2 Å². The average molecular weight is 499 g/mol. The van der Waals surface area contributed by atoms with E-state index in [4.69, 9.17) is 0 Å². The molecule has 1 fully saturated rings. The number of anilines is 1. The zero-order valence-electron chi connectivity index (χ0n) is 19.8. The van der Waals surface area contributed by atoms with Crippen LogP contribution in [0.3, 0.4) is 0 Å². The number of aryl methyl sites for hydroxylation is 1. The van der Waals surface area contributed by atoms with Gasteiger partial charge in [-0.3, -0.25) is 14.8 Å². The van der Waals surface area contributed by atoms with Crippen molar-refractivity contribution in [1.29, 1.82) is 0 Å². The van der Waals surface area contributed by atoms with Gasteiger partial charge < -0.3 is 19.9 Å². The number of hydrogen-bond acceptors (Lipinski definition) is 6. The van der Waals surface area contributed by atoms with Gasteiger partial charge in [0, 0.05) is 54.9 Å². The lowest BCUT2D eigenvalue weighted by Crippen LogP contribution is -2.54. The van der Waals surface area contributed by atoms with Crippen molar-refractivity contribution in [3.8, 4) is 0 Å². The summed E-state index contributed by atoms with van der Waals surface area (Å²) in [5.41, 5.74) is 1.89. The molecule has 0 saturated carbocycles. The Morgan fingerprint density at radius 2 is 2.03 bits per heavy atom. The smallest absolute Gasteiger partial charge is 0.386 e. The third kappa shape index (κ3) is 4.58. The van der Waals surface area contributed by atoms with Gasteiger partial charge in [0.2, 0.25) is 5.82 Å². The number of H-pyrrole nitrogens is 1. The number of amides is 1. The Bertz CT molecular complexity index is 1450. The third-order valence-electron chi connectivity index (χ3n) is 6.49. The molecule has 1 saturated heterocycles. The number of fused-ring (bicyclic) bond motifs is 2. The molecular formula is C25H25F3N6O2. The molecule has 1 atom stereocenters. The maximum Gasteiger partial charge on any atom is 0.449 e. The van der Waals surface area contributed by atoms with E-state index >= 15 is 0 Å². The summed E-state index contributed by atoms with van der Waals surface area (Å²) in [6.07, 6.45) is 0.0785. The van der Waals surface area contributed by atoms with Crippen LogP contribution in [-0.2, 0) is 6.18 Å². The Morgan fingerprint density at radius 1 is 1.22 bits per heavy atom. The predicted octanol–water partition coefficient (Wildman–Crippen LogP) is 3.94. The van der Waals surface area contributed by atoms with E-state index in [1.54, 1.807) is 19.4 Å². The fourth-order valence-corrected chi connectivity index (χ4v) is 4.90. The van der Waals surface area contributed by atoms with E-state index in [0.717, 1.165) is 35.2 Å². The quantitative estimate of drug-likeness (QED) is 0.442. The summed E-state index contributed by atoms with van der Waals surface area (Å²) < 4.78 is 38.9. The number of carbonyl (C=O) groups is 1. The first-order valence-electron chi connectivity index (χ1n) is 11.5. The molecule has 1 unspecified atom stereocenters. The van der Waals surface area contributed by atoms with Crippen molar-refractivity contribution in [3.05, 3.63) is 59.8 Å². The predicted molar refractivity (Wildman–Crippen MR) is 129 cm³/mol. The van der Waals surface area contributed by atoms with Crippen molar-refractivity contribution >= 4 is 33.5 Å². The third-order valence-corrected chi connectivity index (χ3v) is 6.49. The lowest BCUT2D eigenvalue weighted by atomic mass is 9.91. The molecule has 2 N–H and O–H groups in total. The minimum Gasteiger partial charge on any atom is -0.386 e. The zero-order chi connectivity index (χ0) is 25.7. The number of aromatic nitrogens is 4. The summed E-state index contributed by atoms with van der Waals surface area (Å²) in [5.74, 6) is -1.51. The van der Waals surface area contributed by atoms with Gasteiger partial charge in [0.1, 0.15) is 0 Å². The minimum atomic E-state index is -4.61. The number of nitrogens with zero attached hydrogens (tertiary/aromatic N) is 5. The molecule has 0 bridgehead atoms. The van der Waals surface area contributed by atoms with E-state index in [-0.39, 0.29) is 23.1 Å². The van der Waals surface area contributed by atoms with Crippen molar-refractivity contribution in [2.75, 3.05) is 31.6 Å². The SMILES string of the molecule is Cc1cc(N2CCCC(O)(CN(C)C(=O)c3ccc4nc(C(F)(F)F)[nH]c4c3)C2)c2cnccc2n1. The largest absolute Gasteiger partial charge is 0.449 e. The normalized spacial score (nSPS) is 18.7. The van der Waals surface area contributed by atoms with Crippen LogP contribution in [0.4, 0.5) is 18.9 Å². The first-order valence-corrected chi connectivity index (χ1v) is 11.5. The van der Waals surface area contributed by atoms with E-state index in [2.05, 4.69) is 24.8 Å². The fraction of sp³-hybridized carbons (Fsp3) is 0.360. The van der Waals surface area contributed by atoms with Crippen LogP contribution in [0.15, 0.2) is 42.7 Å². The van der Waals surface area contributed by atoms with E-state index in [1.807, 2.05) is 19.1 Å². The van der Waals surface area contributed by atoms with Crippen LogP contribution in [0.25, 0.3) is 21.9 Å². The van der Waals surface area contributed by atoms with Crippen molar-refractivity contribution in [2.24, 2.45) is 0 Å². The summed E-state index contributed by atoms with van der Waals surface area (Å²) in [6, 6.07) is 8.00. The summed E-state index contributed by atoms with van der Waals surface area (Å²) in [7, 11) is 1.58. The molecule has 1 aliphatic rings. The highest BCUT2D eigenvalue weighted by Crippen LogP contribution is 2.32. The number of hydrogen-bond donors (Lipinski definition) is 2. The van der Waals surface area contributed by atoms with Gasteiger partial charge in [0.25, 0.3) is 5.91 Å². The summed E-state index contributed by atoms with van der Waals surface area (Å²) in [6.45, 7) is 3.04. The number of nitrogens with one attached hydrogen (secondary N) is 1. The van der Waals surface area contributed by atoms with Crippen LogP contribution in [0.2, 0.25) is 0 Å². The number of piperidine rings is 1. The van der Waals surface area contributed by atoms with Gasteiger partial charge in [-0.25, -0.2) is 4.98 Å². The maximum absolute atomic E-state index is 13.1. The second kappa shape index (κ2) is 8.74. The number of alkyl halides is 3. The highest BCUT2D eigenvalue weighted by molar-refractivity contribution is 5.97. The zero-order valence-corrected chi connectivity index (χ0v) is 19.8. The molecule has 11 heteroatoms. The molecule has 36 heavy (non-hydrogen) atoms. The van der Waals surface area contributed by atoms with Crippen LogP contribution in [0.1, 0.15) is 34.7 Å². The first kappa shape index (κ1) is 24.0. The van der Waals surface area contributed by atoms with E-state index in [1.165, 1.54) is 23.1 Å². The average Bonchev–Trinajstić information content (AvgIpc) is 3.27. The highest BCUT2D eigenvalue weighted by Gasteiger charge is 2.37. The number of likely N-dealkylation sites (N-methyl/N-ethyl adjacent to an activating group) is 1. The molecule has 1 amide bonds. The van der Waals surface area contributed by atoms with Crippen molar-refractivity contribution in [1.82, 2.24) is 24.8 Å².